The van der Waals surface area contributed by atoms with Crippen molar-refractivity contribution in [2.45, 2.75) is 39.5 Å². The molecule has 0 saturated carbocycles. The standard InChI is InChI=1S/C23H22F3NO5/c1-4-12(2)19(22(30)31)20-13(3)27(18-10-7-15(28)11-17(18)20)21(29)14-5-8-16(9-6-14)32-23(24,25)26/h5-12,19,28H,4H2,1-3H3,(H,30,31)/p-1/t12?,19-/m1/s1. The van der Waals surface area contributed by atoms with Gasteiger partial charge in [-0.05, 0) is 60.9 Å². The van der Waals surface area contributed by atoms with Crippen LogP contribution >= 0.6 is 0 Å². The summed E-state index contributed by atoms with van der Waals surface area (Å²) in [5, 5.41) is 22.4. The third-order valence-electron chi connectivity index (χ3n) is 5.55. The van der Waals surface area contributed by atoms with Crippen molar-refractivity contribution in [2.75, 3.05) is 0 Å². The summed E-state index contributed by atoms with van der Waals surface area (Å²) < 4.78 is 42.3. The molecule has 1 aromatic heterocycles. The summed E-state index contributed by atoms with van der Waals surface area (Å²) in [5.41, 5.74) is 1.15. The molecule has 2 aromatic carbocycles. The minimum atomic E-state index is -4.86. The van der Waals surface area contributed by atoms with Gasteiger partial charge in [0, 0.05) is 28.5 Å². The fraction of sp³-hybridized carbons (Fsp3) is 0.304. The van der Waals surface area contributed by atoms with Gasteiger partial charge in [0.05, 0.1) is 5.52 Å². The number of aromatic hydroxyl groups is 1. The topological polar surface area (TPSA) is 91.6 Å². The van der Waals surface area contributed by atoms with E-state index < -0.39 is 29.9 Å². The summed E-state index contributed by atoms with van der Waals surface area (Å²) in [6.07, 6.45) is -4.32. The number of carbonyl (C=O) groups is 2. The minimum Gasteiger partial charge on any atom is -0.549 e. The monoisotopic (exact) mass is 448 g/mol. The molecule has 0 fully saturated rings. The summed E-state index contributed by atoms with van der Waals surface area (Å²) in [6.45, 7) is 5.18. The first-order valence-electron chi connectivity index (χ1n) is 9.89. The van der Waals surface area contributed by atoms with Gasteiger partial charge in [0.25, 0.3) is 5.91 Å². The van der Waals surface area contributed by atoms with Gasteiger partial charge in [-0.2, -0.15) is 0 Å². The number of carbonyl (C=O) groups excluding carboxylic acids is 2. The number of hydrogen-bond acceptors (Lipinski definition) is 5. The number of carboxylic acids is 1. The number of rotatable bonds is 6. The number of carboxylic acid groups (broad SMARTS) is 1. The molecule has 0 amide bonds. The number of hydrogen-bond donors (Lipinski definition) is 1. The van der Waals surface area contributed by atoms with Gasteiger partial charge in [-0.1, -0.05) is 20.3 Å². The summed E-state index contributed by atoms with van der Waals surface area (Å²) in [6, 6.07) is 8.69. The van der Waals surface area contributed by atoms with Crippen LogP contribution in [0.5, 0.6) is 11.5 Å². The number of halogens is 3. The van der Waals surface area contributed by atoms with Crippen molar-refractivity contribution >= 4 is 22.8 Å². The van der Waals surface area contributed by atoms with Crippen LogP contribution in [-0.2, 0) is 4.79 Å². The third kappa shape index (κ3) is 4.42. The Bertz CT molecular complexity index is 1170. The van der Waals surface area contributed by atoms with Crippen LogP contribution in [-0.4, -0.2) is 27.9 Å². The van der Waals surface area contributed by atoms with Gasteiger partial charge in [-0.3, -0.25) is 9.36 Å². The third-order valence-corrected chi connectivity index (χ3v) is 5.55. The fourth-order valence-corrected chi connectivity index (χ4v) is 3.88. The number of phenols is 1. The van der Waals surface area contributed by atoms with E-state index in [1.165, 1.54) is 34.9 Å². The first-order valence-corrected chi connectivity index (χ1v) is 9.89. The van der Waals surface area contributed by atoms with E-state index >= 15 is 0 Å². The Morgan fingerprint density at radius 2 is 1.78 bits per heavy atom. The van der Waals surface area contributed by atoms with Gasteiger partial charge in [-0.15, -0.1) is 13.2 Å². The van der Waals surface area contributed by atoms with Gasteiger partial charge in [0.2, 0.25) is 0 Å². The molecule has 1 N–H and O–H groups in total. The second-order valence-corrected chi connectivity index (χ2v) is 7.60. The zero-order valence-electron chi connectivity index (χ0n) is 17.6. The number of benzene rings is 2. The highest BCUT2D eigenvalue weighted by Gasteiger charge is 2.31. The molecule has 0 aliphatic heterocycles. The Morgan fingerprint density at radius 3 is 2.31 bits per heavy atom. The molecule has 0 aliphatic rings. The lowest BCUT2D eigenvalue weighted by atomic mass is 9.84. The number of alkyl halides is 3. The average Bonchev–Trinajstić information content (AvgIpc) is 2.98. The SMILES string of the molecule is CCC(C)[C@@H](C(=O)[O-])c1c(C)n(C(=O)c2ccc(OC(F)(F)F)cc2)c2ccc(O)cc12. The maximum Gasteiger partial charge on any atom is 0.573 e. The molecule has 0 aliphatic carbocycles. The number of nitrogens with zero attached hydrogens (tertiary/aromatic N) is 1. The van der Waals surface area contributed by atoms with Gasteiger partial charge in [-0.25, -0.2) is 0 Å². The zero-order chi connectivity index (χ0) is 23.8. The number of fused-ring (bicyclic) bond motifs is 1. The normalized spacial score (nSPS) is 13.7. The van der Waals surface area contributed by atoms with Crippen molar-refractivity contribution in [3.05, 3.63) is 59.3 Å². The van der Waals surface area contributed by atoms with Crippen molar-refractivity contribution in [1.82, 2.24) is 4.57 Å². The number of aliphatic carboxylic acids is 1. The van der Waals surface area contributed by atoms with E-state index in [0.29, 0.717) is 28.6 Å². The van der Waals surface area contributed by atoms with E-state index in [4.69, 9.17) is 0 Å². The molecule has 3 rings (SSSR count). The van der Waals surface area contributed by atoms with E-state index in [9.17, 15) is 33.0 Å². The predicted octanol–water partition coefficient (Wildman–Crippen LogP) is 4.12. The Morgan fingerprint density at radius 1 is 1.16 bits per heavy atom. The van der Waals surface area contributed by atoms with Crippen LogP contribution in [0.4, 0.5) is 13.2 Å². The van der Waals surface area contributed by atoms with Crippen LogP contribution in [0.3, 0.4) is 0 Å². The summed E-state index contributed by atoms with van der Waals surface area (Å²) in [5.74, 6) is -3.77. The second kappa shape index (κ2) is 8.57. The molecule has 32 heavy (non-hydrogen) atoms. The molecule has 170 valence electrons. The molecule has 0 bridgehead atoms. The van der Waals surface area contributed by atoms with Crippen molar-refractivity contribution in [3.8, 4) is 11.5 Å². The summed E-state index contributed by atoms with van der Waals surface area (Å²) in [7, 11) is 0. The summed E-state index contributed by atoms with van der Waals surface area (Å²) in [4.78, 5) is 25.3. The lowest BCUT2D eigenvalue weighted by Crippen LogP contribution is -2.33. The average molecular weight is 448 g/mol. The molecular weight excluding hydrogens is 427 g/mol. The lowest BCUT2D eigenvalue weighted by Gasteiger charge is -2.25. The highest BCUT2D eigenvalue weighted by Crippen LogP contribution is 2.38. The molecule has 6 nitrogen and oxygen atoms in total. The lowest BCUT2D eigenvalue weighted by molar-refractivity contribution is -0.309. The van der Waals surface area contributed by atoms with Crippen LogP contribution in [0.25, 0.3) is 10.9 Å². The molecule has 0 saturated heterocycles. The van der Waals surface area contributed by atoms with Crippen molar-refractivity contribution < 1.29 is 37.7 Å². The van der Waals surface area contributed by atoms with E-state index in [1.54, 1.807) is 13.8 Å². The van der Waals surface area contributed by atoms with Crippen molar-refractivity contribution in [3.63, 3.8) is 0 Å². The summed E-state index contributed by atoms with van der Waals surface area (Å²) >= 11 is 0. The van der Waals surface area contributed by atoms with E-state index in [2.05, 4.69) is 4.74 Å². The first kappa shape index (κ1) is 23.2. The van der Waals surface area contributed by atoms with Crippen molar-refractivity contribution in [2.24, 2.45) is 5.92 Å². The Hall–Kier alpha value is -3.49. The molecule has 1 heterocycles. The molecule has 3 aromatic rings. The Kier molecular flexibility index (Phi) is 6.20. The van der Waals surface area contributed by atoms with Crippen LogP contribution in [0.2, 0.25) is 0 Å². The predicted molar refractivity (Wildman–Crippen MR) is 108 cm³/mol. The molecule has 1 unspecified atom stereocenters. The quantitative estimate of drug-likeness (QED) is 0.613. The number of aromatic nitrogens is 1. The molecule has 0 radical (unpaired) electrons. The van der Waals surface area contributed by atoms with Gasteiger partial charge in [0.15, 0.2) is 0 Å². The Labute approximate surface area is 181 Å². The molecular formula is C23H21F3NO5-. The second-order valence-electron chi connectivity index (χ2n) is 7.60. The first-order chi connectivity index (χ1) is 14.9. The molecule has 9 heteroatoms. The van der Waals surface area contributed by atoms with Crippen LogP contribution < -0.4 is 9.84 Å². The van der Waals surface area contributed by atoms with Crippen LogP contribution in [0.15, 0.2) is 42.5 Å². The highest BCUT2D eigenvalue weighted by molar-refractivity contribution is 6.05. The molecule has 2 atom stereocenters. The maximum atomic E-state index is 13.3. The highest BCUT2D eigenvalue weighted by atomic mass is 19.4. The van der Waals surface area contributed by atoms with Crippen molar-refractivity contribution in [1.29, 1.82) is 0 Å². The van der Waals surface area contributed by atoms with Gasteiger partial charge in [0.1, 0.15) is 11.5 Å². The Balaban J connectivity index is 2.16. The minimum absolute atomic E-state index is 0.0766. The fourth-order valence-electron chi connectivity index (χ4n) is 3.88. The van der Waals surface area contributed by atoms with Gasteiger partial charge >= 0.3 is 6.36 Å². The van der Waals surface area contributed by atoms with E-state index in [-0.39, 0.29) is 17.2 Å². The van der Waals surface area contributed by atoms with Crippen LogP contribution in [0, 0.1) is 12.8 Å². The van der Waals surface area contributed by atoms with Crippen LogP contribution in [0.1, 0.15) is 47.8 Å². The largest absolute Gasteiger partial charge is 0.573 e. The zero-order valence-corrected chi connectivity index (χ0v) is 17.6. The maximum absolute atomic E-state index is 13.3. The molecule has 0 spiro atoms. The number of ether oxygens (including phenoxy) is 1. The van der Waals surface area contributed by atoms with Gasteiger partial charge < -0.3 is 19.7 Å². The van der Waals surface area contributed by atoms with E-state index in [0.717, 1.165) is 12.1 Å². The smallest absolute Gasteiger partial charge is 0.549 e. The van der Waals surface area contributed by atoms with E-state index in [1.807, 2.05) is 6.92 Å². The number of phenolic OH excluding ortho intramolecular Hbond substituents is 1.